The fraction of sp³-hybridized carbons (Fsp3) is 0.485. The number of H-pyrrole nitrogens is 2. The van der Waals surface area contributed by atoms with E-state index < -0.39 is 5.60 Å². The van der Waals surface area contributed by atoms with Gasteiger partial charge in [-0.3, -0.25) is 9.97 Å². The fourth-order valence-electron chi connectivity index (χ4n) is 5.68. The lowest BCUT2D eigenvalue weighted by Crippen LogP contribution is -2.25. The smallest absolute Gasteiger partial charge is 0.342 e. The lowest BCUT2D eigenvalue weighted by atomic mass is 9.84. The van der Waals surface area contributed by atoms with E-state index in [1.54, 1.807) is 0 Å². The number of carbonyl (C=O) groups excluding carboxylic acids is 1. The maximum atomic E-state index is 13.8. The van der Waals surface area contributed by atoms with E-state index >= 15 is 0 Å². The highest BCUT2D eigenvalue weighted by Crippen LogP contribution is 2.37. The highest BCUT2D eigenvalue weighted by Gasteiger charge is 2.35. The van der Waals surface area contributed by atoms with Crippen molar-refractivity contribution in [2.75, 3.05) is 0 Å². The van der Waals surface area contributed by atoms with Gasteiger partial charge in [-0.1, -0.05) is 27.7 Å². The summed E-state index contributed by atoms with van der Waals surface area (Å²) >= 11 is 0. The first-order valence-corrected chi connectivity index (χ1v) is 13.9. The Balaban J connectivity index is 1.98. The maximum absolute atomic E-state index is 13.8. The Labute approximate surface area is 231 Å². The minimum atomic E-state index is -0.626. The number of fused-ring (bicyclic) bond motifs is 8. The van der Waals surface area contributed by atoms with Gasteiger partial charge in [-0.2, -0.15) is 0 Å². The van der Waals surface area contributed by atoms with E-state index in [1.165, 1.54) is 11.1 Å². The fourth-order valence-corrected chi connectivity index (χ4v) is 5.68. The molecule has 0 fully saturated rings. The van der Waals surface area contributed by atoms with Crippen LogP contribution in [0.15, 0.2) is 18.2 Å². The minimum Gasteiger partial charge on any atom is -0.456 e. The Bertz CT molecular complexity index is 1680. The van der Waals surface area contributed by atoms with Crippen molar-refractivity contribution < 1.29 is 9.53 Å². The molecule has 0 spiro atoms. The predicted molar refractivity (Wildman–Crippen MR) is 159 cm³/mol. The molecule has 2 aliphatic rings. The molecule has 0 amide bonds. The zero-order valence-corrected chi connectivity index (χ0v) is 25.4. The zero-order chi connectivity index (χ0) is 28.7. The maximum Gasteiger partial charge on any atom is 0.342 e. The first kappa shape index (κ1) is 27.2. The van der Waals surface area contributed by atoms with Crippen molar-refractivity contribution >= 4 is 28.0 Å². The molecule has 3 aromatic rings. The first-order chi connectivity index (χ1) is 18.0. The summed E-state index contributed by atoms with van der Waals surface area (Å²) in [5, 5.41) is 0. The highest BCUT2D eigenvalue weighted by atomic mass is 16.6. The van der Waals surface area contributed by atoms with Crippen molar-refractivity contribution in [3.05, 3.63) is 68.8 Å². The molecule has 6 heteroatoms. The average molecular weight is 527 g/mol. The van der Waals surface area contributed by atoms with Crippen LogP contribution in [-0.4, -0.2) is 31.5 Å². The second-order valence-corrected chi connectivity index (χ2v) is 13.7. The predicted octanol–water partition coefficient (Wildman–Crippen LogP) is 7.54. The van der Waals surface area contributed by atoms with Crippen LogP contribution >= 0.6 is 0 Å². The van der Waals surface area contributed by atoms with Gasteiger partial charge < -0.3 is 14.7 Å². The molecule has 3 aromatic heterocycles. The van der Waals surface area contributed by atoms with Crippen molar-refractivity contribution in [2.24, 2.45) is 0 Å². The van der Waals surface area contributed by atoms with Crippen molar-refractivity contribution in [2.45, 2.75) is 105 Å². The van der Waals surface area contributed by atoms with Crippen molar-refractivity contribution in [1.29, 1.82) is 0 Å². The van der Waals surface area contributed by atoms with E-state index in [0.717, 1.165) is 62.4 Å². The number of aromatic nitrogens is 4. The lowest BCUT2D eigenvalue weighted by molar-refractivity contribution is 0.00700. The molecule has 5 rings (SSSR count). The number of nitrogens with one attached hydrogen (secondary N) is 2. The van der Waals surface area contributed by atoms with Gasteiger partial charge in [-0.15, -0.1) is 0 Å². The molecule has 0 aromatic carbocycles. The highest BCUT2D eigenvalue weighted by molar-refractivity contribution is 6.00. The standard InChI is InChI=1S/C33H42N4O2/c1-17-18(2)24-14-27-32(8,9)15-21(34-27)12-26-33(10,11)16-25(36-26)28(30(38)39-31(5,6)7)29-20(4)19(3)23(37-29)13-22(17)35-24/h12-14,35,37H,15-16H2,1-11H3. The van der Waals surface area contributed by atoms with E-state index in [2.05, 4.69) is 83.6 Å². The number of aryl methyl sites for hydroxylation is 4. The van der Waals surface area contributed by atoms with Gasteiger partial charge in [0.05, 0.1) is 11.2 Å². The van der Waals surface area contributed by atoms with Crippen LogP contribution < -0.4 is 0 Å². The first-order valence-electron chi connectivity index (χ1n) is 13.9. The molecule has 2 aliphatic heterocycles. The van der Waals surface area contributed by atoms with E-state index in [9.17, 15) is 4.79 Å². The van der Waals surface area contributed by atoms with Crippen LogP contribution in [0, 0.1) is 27.7 Å². The number of hydrogen-bond donors (Lipinski definition) is 2. The second kappa shape index (κ2) is 8.80. The molecule has 6 nitrogen and oxygen atoms in total. The van der Waals surface area contributed by atoms with E-state index in [-0.39, 0.29) is 16.8 Å². The summed E-state index contributed by atoms with van der Waals surface area (Å²) in [6.07, 6.45) is 1.47. The monoisotopic (exact) mass is 526 g/mol. The number of esters is 1. The Kier molecular flexibility index (Phi) is 6.13. The van der Waals surface area contributed by atoms with Gasteiger partial charge >= 0.3 is 5.97 Å². The van der Waals surface area contributed by atoms with Crippen molar-refractivity contribution in [3.63, 3.8) is 0 Å². The Hall–Kier alpha value is -3.41. The van der Waals surface area contributed by atoms with Crippen LogP contribution in [0.3, 0.4) is 0 Å². The molecule has 0 saturated carbocycles. The van der Waals surface area contributed by atoms with Crippen molar-refractivity contribution in [1.82, 2.24) is 19.9 Å². The van der Waals surface area contributed by atoms with Gasteiger partial charge in [0.25, 0.3) is 0 Å². The summed E-state index contributed by atoms with van der Waals surface area (Å²) < 4.78 is 5.95. The van der Waals surface area contributed by atoms with Gasteiger partial charge in [-0.05, 0) is 88.9 Å². The molecule has 39 heavy (non-hydrogen) atoms. The molecule has 0 unspecified atom stereocenters. The van der Waals surface area contributed by atoms with Crippen molar-refractivity contribution in [3.8, 4) is 0 Å². The second-order valence-electron chi connectivity index (χ2n) is 13.7. The van der Waals surface area contributed by atoms with E-state index in [4.69, 9.17) is 14.7 Å². The van der Waals surface area contributed by atoms with E-state index in [0.29, 0.717) is 12.0 Å². The van der Waals surface area contributed by atoms with Crippen LogP contribution in [0.2, 0.25) is 0 Å². The summed E-state index contributed by atoms with van der Waals surface area (Å²) in [5.74, 6) is -0.353. The van der Waals surface area contributed by atoms with Gasteiger partial charge in [0.1, 0.15) is 11.2 Å². The van der Waals surface area contributed by atoms with E-state index in [1.807, 2.05) is 20.8 Å². The molecule has 0 radical (unpaired) electrons. The van der Waals surface area contributed by atoms with Crippen LogP contribution in [0.1, 0.15) is 104 Å². The van der Waals surface area contributed by atoms with Gasteiger partial charge in [0, 0.05) is 57.3 Å². The van der Waals surface area contributed by atoms with Crippen LogP contribution in [0.4, 0.5) is 0 Å². The van der Waals surface area contributed by atoms with Gasteiger partial charge in [0.15, 0.2) is 0 Å². The third kappa shape index (κ3) is 4.79. The molecular weight excluding hydrogens is 484 g/mol. The molecule has 0 aliphatic carbocycles. The minimum absolute atomic E-state index is 0.0968. The van der Waals surface area contributed by atoms with Gasteiger partial charge in [-0.25, -0.2) is 4.79 Å². The number of ether oxygens (including phenoxy) is 1. The quantitative estimate of drug-likeness (QED) is 0.321. The largest absolute Gasteiger partial charge is 0.456 e. The molecule has 8 bridgehead atoms. The van der Waals surface area contributed by atoms with Gasteiger partial charge in [0.2, 0.25) is 0 Å². The summed E-state index contributed by atoms with van der Waals surface area (Å²) in [6.45, 7) is 23.0. The molecule has 0 atom stereocenters. The Morgan fingerprint density at radius 2 is 1.31 bits per heavy atom. The van der Waals surface area contributed by atoms with Crippen LogP contribution in [-0.2, 0) is 28.4 Å². The SMILES string of the molecule is Cc1c(C)c2cc3[nH]c(c(C)c3C)c(C(=O)OC(C)(C)C)c3nc(cc4nc(cc1[nH]2)C(C)(C)C4)C(C)(C)C3. The summed E-state index contributed by atoms with van der Waals surface area (Å²) in [4.78, 5) is 31.3. The third-order valence-corrected chi connectivity index (χ3v) is 8.39. The molecule has 2 N–H and O–H groups in total. The molecular formula is C33H42N4O2. The van der Waals surface area contributed by atoms with Crippen LogP contribution in [0.5, 0.6) is 0 Å². The number of rotatable bonds is 1. The Morgan fingerprint density at radius 3 is 1.95 bits per heavy atom. The number of aromatic amines is 2. The average Bonchev–Trinajstić information content (AvgIpc) is 3.43. The third-order valence-electron chi connectivity index (χ3n) is 8.39. The zero-order valence-electron chi connectivity index (χ0n) is 25.4. The molecule has 206 valence electrons. The number of carbonyl (C=O) groups is 1. The molecule has 0 saturated heterocycles. The summed E-state index contributed by atoms with van der Waals surface area (Å²) in [6, 6.07) is 6.49. The normalized spacial score (nSPS) is 16.4. The summed E-state index contributed by atoms with van der Waals surface area (Å²) in [7, 11) is 0. The summed E-state index contributed by atoms with van der Waals surface area (Å²) in [5.41, 5.74) is 11.7. The Morgan fingerprint density at radius 1 is 0.769 bits per heavy atom. The number of nitrogens with zero attached hydrogens (tertiary/aromatic N) is 2. The van der Waals surface area contributed by atoms with Crippen LogP contribution in [0.25, 0.3) is 22.1 Å². The lowest BCUT2D eigenvalue weighted by Gasteiger charge is -2.20. The topological polar surface area (TPSA) is 83.7 Å². The number of hydrogen-bond acceptors (Lipinski definition) is 4. The molecule has 5 heterocycles.